The van der Waals surface area contributed by atoms with Crippen LogP contribution in [-0.2, 0) is 0 Å². The van der Waals surface area contributed by atoms with Gasteiger partial charge in [0.1, 0.15) is 0 Å². The standard InChI is InChI=1S/C14H17F2NO/c15-14(16)9-5-4-8-12(10-14)17-13(18)11-6-2-1-3-7-11/h1-3,6-7,12H,4-5,8-10H2,(H,17,18). The topological polar surface area (TPSA) is 29.1 Å². The smallest absolute Gasteiger partial charge is 0.251 e. The second-order valence-corrected chi connectivity index (χ2v) is 4.84. The van der Waals surface area contributed by atoms with Crippen LogP contribution in [0.2, 0.25) is 0 Å². The van der Waals surface area contributed by atoms with E-state index in [-0.39, 0.29) is 18.7 Å². The molecule has 1 aromatic carbocycles. The van der Waals surface area contributed by atoms with Gasteiger partial charge < -0.3 is 5.32 Å². The van der Waals surface area contributed by atoms with Gasteiger partial charge in [-0.05, 0) is 25.0 Å². The Morgan fingerprint density at radius 3 is 2.67 bits per heavy atom. The van der Waals surface area contributed by atoms with Crippen LogP contribution in [0.3, 0.4) is 0 Å². The Kier molecular flexibility index (Phi) is 3.94. The molecule has 1 aliphatic carbocycles. The first-order valence-electron chi connectivity index (χ1n) is 6.31. The van der Waals surface area contributed by atoms with Crippen LogP contribution in [-0.4, -0.2) is 17.9 Å². The van der Waals surface area contributed by atoms with Crippen molar-refractivity contribution in [3.05, 3.63) is 35.9 Å². The first-order valence-corrected chi connectivity index (χ1v) is 6.31. The monoisotopic (exact) mass is 253 g/mol. The Labute approximate surface area is 105 Å². The summed E-state index contributed by atoms with van der Waals surface area (Å²) < 4.78 is 26.8. The fraction of sp³-hybridized carbons (Fsp3) is 0.500. The number of carbonyl (C=O) groups excluding carboxylic acids is 1. The lowest BCUT2D eigenvalue weighted by molar-refractivity contribution is -0.0194. The summed E-state index contributed by atoms with van der Waals surface area (Å²) in [6.45, 7) is 0. The molecule has 1 atom stereocenters. The number of amides is 1. The number of halogens is 2. The first-order chi connectivity index (χ1) is 8.57. The van der Waals surface area contributed by atoms with Gasteiger partial charge in [0.2, 0.25) is 5.92 Å². The summed E-state index contributed by atoms with van der Waals surface area (Å²) >= 11 is 0. The number of carbonyl (C=O) groups is 1. The summed E-state index contributed by atoms with van der Waals surface area (Å²) in [5.74, 6) is -2.91. The zero-order valence-electron chi connectivity index (χ0n) is 10.2. The fourth-order valence-electron chi connectivity index (χ4n) is 2.32. The third kappa shape index (κ3) is 3.52. The van der Waals surface area contributed by atoms with Crippen molar-refractivity contribution in [1.29, 1.82) is 0 Å². The molecule has 98 valence electrons. The molecular weight excluding hydrogens is 236 g/mol. The van der Waals surface area contributed by atoms with Crippen LogP contribution in [0.15, 0.2) is 30.3 Å². The van der Waals surface area contributed by atoms with Crippen LogP contribution in [0.5, 0.6) is 0 Å². The lowest BCUT2D eigenvalue weighted by Crippen LogP contribution is -2.38. The van der Waals surface area contributed by atoms with Crippen LogP contribution in [0.1, 0.15) is 42.5 Å². The number of alkyl halides is 2. The van der Waals surface area contributed by atoms with Crippen molar-refractivity contribution in [3.8, 4) is 0 Å². The molecule has 0 aliphatic heterocycles. The van der Waals surface area contributed by atoms with E-state index in [0.29, 0.717) is 18.4 Å². The third-order valence-electron chi connectivity index (χ3n) is 3.26. The summed E-state index contributed by atoms with van der Waals surface area (Å²) in [6.07, 6.45) is 1.60. The van der Waals surface area contributed by atoms with Crippen LogP contribution < -0.4 is 5.32 Å². The molecule has 0 bridgehead atoms. The van der Waals surface area contributed by atoms with Gasteiger partial charge in [0.05, 0.1) is 0 Å². The second kappa shape index (κ2) is 5.46. The Balaban J connectivity index is 1.98. The Morgan fingerprint density at radius 2 is 1.94 bits per heavy atom. The lowest BCUT2D eigenvalue weighted by atomic mass is 10.1. The van der Waals surface area contributed by atoms with Gasteiger partial charge in [-0.25, -0.2) is 8.78 Å². The molecule has 2 rings (SSSR count). The summed E-state index contributed by atoms with van der Waals surface area (Å²) in [6, 6.07) is 8.29. The van der Waals surface area contributed by atoms with Gasteiger partial charge in [0.15, 0.2) is 0 Å². The van der Waals surface area contributed by atoms with E-state index in [1.165, 1.54) is 0 Å². The maximum atomic E-state index is 13.4. The van der Waals surface area contributed by atoms with E-state index in [1.54, 1.807) is 24.3 Å². The van der Waals surface area contributed by atoms with Gasteiger partial charge in [0, 0.05) is 24.4 Å². The van der Waals surface area contributed by atoms with Crippen molar-refractivity contribution in [2.24, 2.45) is 0 Å². The normalized spacial score (nSPS) is 23.1. The quantitative estimate of drug-likeness (QED) is 0.804. The van der Waals surface area contributed by atoms with Crippen molar-refractivity contribution in [1.82, 2.24) is 5.32 Å². The minimum Gasteiger partial charge on any atom is -0.349 e. The van der Waals surface area contributed by atoms with Gasteiger partial charge >= 0.3 is 0 Å². The van der Waals surface area contributed by atoms with Crippen molar-refractivity contribution in [2.45, 2.75) is 44.1 Å². The Hall–Kier alpha value is -1.45. The summed E-state index contributed by atoms with van der Waals surface area (Å²) in [5.41, 5.74) is 0.519. The largest absolute Gasteiger partial charge is 0.349 e. The van der Waals surface area contributed by atoms with E-state index in [0.717, 1.165) is 6.42 Å². The van der Waals surface area contributed by atoms with Crippen LogP contribution in [0.4, 0.5) is 8.78 Å². The molecule has 4 heteroatoms. The van der Waals surface area contributed by atoms with Gasteiger partial charge in [-0.2, -0.15) is 0 Å². The van der Waals surface area contributed by atoms with Gasteiger partial charge in [-0.1, -0.05) is 24.6 Å². The lowest BCUT2D eigenvalue weighted by Gasteiger charge is -2.20. The number of hydrogen-bond acceptors (Lipinski definition) is 1. The van der Waals surface area contributed by atoms with Crippen molar-refractivity contribution < 1.29 is 13.6 Å². The molecule has 2 nitrogen and oxygen atoms in total. The molecule has 0 heterocycles. The zero-order valence-corrected chi connectivity index (χ0v) is 10.2. The highest BCUT2D eigenvalue weighted by atomic mass is 19.3. The first kappa shape index (κ1) is 13.0. The zero-order chi connectivity index (χ0) is 13.0. The molecule has 1 aromatic rings. The molecule has 1 amide bonds. The molecule has 0 aromatic heterocycles. The highest BCUT2D eigenvalue weighted by molar-refractivity contribution is 5.94. The van der Waals surface area contributed by atoms with E-state index < -0.39 is 12.0 Å². The van der Waals surface area contributed by atoms with Crippen LogP contribution >= 0.6 is 0 Å². The summed E-state index contributed by atoms with van der Waals surface area (Å²) in [7, 11) is 0. The Bertz CT molecular complexity index is 406. The van der Waals surface area contributed by atoms with E-state index in [4.69, 9.17) is 0 Å². The fourth-order valence-corrected chi connectivity index (χ4v) is 2.32. The van der Waals surface area contributed by atoms with Gasteiger partial charge in [0.25, 0.3) is 5.91 Å². The molecule has 0 saturated heterocycles. The summed E-state index contributed by atoms with van der Waals surface area (Å²) in [4.78, 5) is 11.9. The molecule has 0 radical (unpaired) electrons. The maximum Gasteiger partial charge on any atom is 0.251 e. The minimum absolute atomic E-state index is 0.0648. The van der Waals surface area contributed by atoms with E-state index in [1.807, 2.05) is 6.07 Å². The SMILES string of the molecule is O=C(NC1CCCCC(F)(F)C1)c1ccccc1. The highest BCUT2D eigenvalue weighted by Gasteiger charge is 2.34. The molecule has 1 aliphatic rings. The highest BCUT2D eigenvalue weighted by Crippen LogP contribution is 2.32. The molecule has 1 fully saturated rings. The number of nitrogens with one attached hydrogen (secondary N) is 1. The van der Waals surface area contributed by atoms with E-state index in [2.05, 4.69) is 5.32 Å². The molecular formula is C14H17F2NO. The van der Waals surface area contributed by atoms with Crippen molar-refractivity contribution >= 4 is 5.91 Å². The van der Waals surface area contributed by atoms with Crippen LogP contribution in [0, 0.1) is 0 Å². The summed E-state index contributed by atoms with van der Waals surface area (Å²) in [5, 5.41) is 2.71. The second-order valence-electron chi connectivity index (χ2n) is 4.84. The van der Waals surface area contributed by atoms with Gasteiger partial charge in [-0.15, -0.1) is 0 Å². The number of benzene rings is 1. The molecule has 0 spiro atoms. The molecule has 18 heavy (non-hydrogen) atoms. The minimum atomic E-state index is -2.65. The number of rotatable bonds is 2. The van der Waals surface area contributed by atoms with Crippen molar-refractivity contribution in [2.75, 3.05) is 0 Å². The molecule has 1 unspecified atom stereocenters. The average Bonchev–Trinajstić information content (AvgIpc) is 2.51. The number of hydrogen-bond donors (Lipinski definition) is 1. The maximum absolute atomic E-state index is 13.4. The Morgan fingerprint density at radius 1 is 1.22 bits per heavy atom. The van der Waals surface area contributed by atoms with E-state index >= 15 is 0 Å². The molecule has 1 N–H and O–H groups in total. The van der Waals surface area contributed by atoms with E-state index in [9.17, 15) is 13.6 Å². The average molecular weight is 253 g/mol. The third-order valence-corrected chi connectivity index (χ3v) is 3.26. The van der Waals surface area contributed by atoms with Crippen LogP contribution in [0.25, 0.3) is 0 Å². The molecule has 1 saturated carbocycles. The predicted molar refractivity (Wildman–Crippen MR) is 65.7 cm³/mol. The van der Waals surface area contributed by atoms with Gasteiger partial charge in [-0.3, -0.25) is 4.79 Å². The van der Waals surface area contributed by atoms with Crippen molar-refractivity contribution in [3.63, 3.8) is 0 Å². The predicted octanol–water partition coefficient (Wildman–Crippen LogP) is 3.38.